The molecule has 154 valence electrons. The van der Waals surface area contributed by atoms with Gasteiger partial charge in [-0.15, -0.1) is 0 Å². The molecule has 2 aliphatic carbocycles. The highest BCUT2D eigenvalue weighted by molar-refractivity contribution is 7.88. The van der Waals surface area contributed by atoms with E-state index < -0.39 is 10.0 Å². The van der Waals surface area contributed by atoms with Gasteiger partial charge in [-0.25, -0.2) is 13.1 Å². The molecule has 1 aromatic carbocycles. The number of nitrogens with one attached hydrogen (secondary N) is 1. The van der Waals surface area contributed by atoms with E-state index in [-0.39, 0.29) is 23.4 Å². The molecule has 2 saturated carbocycles. The van der Waals surface area contributed by atoms with Gasteiger partial charge in [-0.2, -0.15) is 0 Å². The number of hydrogen-bond acceptors (Lipinski definition) is 4. The zero-order valence-corrected chi connectivity index (χ0v) is 17.8. The zero-order chi connectivity index (χ0) is 19.8. The summed E-state index contributed by atoms with van der Waals surface area (Å²) in [6, 6.07) is 8.41. The second-order valence-corrected chi connectivity index (χ2v) is 11.0. The molecule has 7 heteroatoms. The first-order chi connectivity index (χ1) is 13.3. The van der Waals surface area contributed by atoms with Crippen molar-refractivity contribution < 1.29 is 17.9 Å². The van der Waals surface area contributed by atoms with Crippen molar-refractivity contribution >= 4 is 17.9 Å². The highest BCUT2D eigenvalue weighted by Gasteiger charge is 2.39. The van der Waals surface area contributed by atoms with E-state index in [1.807, 2.05) is 0 Å². The molecule has 0 saturated heterocycles. The molecule has 1 aromatic rings. The van der Waals surface area contributed by atoms with Crippen LogP contribution < -0.4 is 9.46 Å². The van der Waals surface area contributed by atoms with Crippen LogP contribution in [0.15, 0.2) is 24.3 Å². The summed E-state index contributed by atoms with van der Waals surface area (Å²) in [5.74, 6) is 1.46. The maximum absolute atomic E-state index is 11.9. The number of ether oxygens (including phenoxy) is 2. The standard InChI is InChI=1S/C21H32BNO4S/c1-28(24,25)23-19-7-4-5-15-13-27-20-8-3-2-6-18(20)21(22)11-9-16(10-12-21)26-14-17(15)19/h2-3,6,8,15-17,19,23H,4-5,7,9-14,22H2,1H3/t15?,16-,17-,19+,21-/m1/s1. The molecule has 2 heterocycles. The number of para-hydroxylation sites is 1. The lowest BCUT2D eigenvalue weighted by atomic mass is 9.56. The van der Waals surface area contributed by atoms with Gasteiger partial charge in [0.05, 0.1) is 25.6 Å². The number of sulfonamides is 1. The Balaban J connectivity index is 1.63. The van der Waals surface area contributed by atoms with Crippen molar-refractivity contribution in [2.24, 2.45) is 11.8 Å². The van der Waals surface area contributed by atoms with Crippen LogP contribution in [0.4, 0.5) is 0 Å². The summed E-state index contributed by atoms with van der Waals surface area (Å²) in [5.41, 5.74) is 1.31. The molecule has 28 heavy (non-hydrogen) atoms. The molecule has 4 aliphatic rings. The van der Waals surface area contributed by atoms with Crippen molar-refractivity contribution in [2.75, 3.05) is 19.5 Å². The molecule has 5 rings (SSSR count). The van der Waals surface area contributed by atoms with Gasteiger partial charge in [0, 0.05) is 12.0 Å². The van der Waals surface area contributed by atoms with Crippen LogP contribution in [0.3, 0.4) is 0 Å². The summed E-state index contributed by atoms with van der Waals surface area (Å²) in [7, 11) is -0.885. The Bertz CT molecular complexity index is 791. The molecule has 0 spiro atoms. The first-order valence-electron chi connectivity index (χ1n) is 10.7. The van der Waals surface area contributed by atoms with Crippen LogP contribution in [-0.2, 0) is 20.1 Å². The molecule has 1 N–H and O–H groups in total. The van der Waals surface area contributed by atoms with Crippen molar-refractivity contribution in [3.63, 3.8) is 0 Å². The van der Waals surface area contributed by atoms with Crippen molar-refractivity contribution in [2.45, 2.75) is 62.4 Å². The molecule has 1 unspecified atom stereocenters. The molecule has 0 aromatic heterocycles. The second kappa shape index (κ2) is 8.00. The fourth-order valence-corrected chi connectivity index (χ4v) is 6.28. The molecule has 2 fully saturated rings. The molecule has 3 atom stereocenters. The SMILES string of the molecule is B[C@]12CC[C@H](CC1)OC[C@@H]1C(CCC[C@@H]1NS(C)(=O)=O)COc1ccccc12. The summed E-state index contributed by atoms with van der Waals surface area (Å²) in [6.45, 7) is 1.23. The fourth-order valence-electron chi connectivity index (χ4n) is 5.44. The first-order valence-corrected chi connectivity index (χ1v) is 12.5. The smallest absolute Gasteiger partial charge is 0.208 e. The average molecular weight is 405 g/mol. The third-order valence-corrected chi connectivity index (χ3v) is 7.86. The van der Waals surface area contributed by atoms with Gasteiger partial charge in [0.15, 0.2) is 0 Å². The summed E-state index contributed by atoms with van der Waals surface area (Å²) in [4.78, 5) is 0. The first kappa shape index (κ1) is 20.2. The van der Waals surface area contributed by atoms with Crippen LogP contribution in [0.2, 0.25) is 0 Å². The quantitative estimate of drug-likeness (QED) is 0.767. The zero-order valence-electron chi connectivity index (χ0n) is 17.0. The maximum Gasteiger partial charge on any atom is 0.208 e. The van der Waals surface area contributed by atoms with Gasteiger partial charge in [-0.05, 0) is 61.4 Å². The highest BCUT2D eigenvalue weighted by Crippen LogP contribution is 2.43. The van der Waals surface area contributed by atoms with E-state index >= 15 is 0 Å². The van der Waals surface area contributed by atoms with E-state index in [0.717, 1.165) is 50.7 Å². The van der Waals surface area contributed by atoms with Crippen molar-refractivity contribution in [3.05, 3.63) is 29.8 Å². The van der Waals surface area contributed by atoms with Crippen LogP contribution >= 0.6 is 0 Å². The van der Waals surface area contributed by atoms with E-state index in [0.29, 0.717) is 19.1 Å². The Hall–Kier alpha value is -1.05. The van der Waals surface area contributed by atoms with Gasteiger partial charge in [0.25, 0.3) is 0 Å². The molecule has 5 nitrogen and oxygen atoms in total. The predicted octanol–water partition coefficient (Wildman–Crippen LogP) is 2.20. The predicted molar refractivity (Wildman–Crippen MR) is 113 cm³/mol. The van der Waals surface area contributed by atoms with E-state index in [2.05, 4.69) is 36.8 Å². The van der Waals surface area contributed by atoms with Crippen LogP contribution in [0, 0.1) is 11.8 Å². The van der Waals surface area contributed by atoms with E-state index in [1.54, 1.807) is 0 Å². The minimum Gasteiger partial charge on any atom is -0.493 e. The van der Waals surface area contributed by atoms with E-state index in [1.165, 1.54) is 11.8 Å². The minimum absolute atomic E-state index is 0.0654. The van der Waals surface area contributed by atoms with Crippen molar-refractivity contribution in [1.82, 2.24) is 4.72 Å². The fraction of sp³-hybridized carbons (Fsp3) is 0.714. The largest absolute Gasteiger partial charge is 0.493 e. The van der Waals surface area contributed by atoms with Crippen LogP contribution in [-0.4, -0.2) is 47.9 Å². The molecular weight excluding hydrogens is 373 g/mol. The summed E-state index contributed by atoms with van der Waals surface area (Å²) in [5, 5.41) is 0.141. The van der Waals surface area contributed by atoms with Crippen molar-refractivity contribution in [1.29, 1.82) is 0 Å². The third-order valence-electron chi connectivity index (χ3n) is 7.13. The molecule has 0 radical (unpaired) electrons. The normalized spacial score (nSPS) is 36.3. The Kier molecular flexibility index (Phi) is 5.78. The van der Waals surface area contributed by atoms with Crippen molar-refractivity contribution in [3.8, 4) is 5.75 Å². The monoisotopic (exact) mass is 405 g/mol. The molecule has 2 aliphatic heterocycles. The Morgan fingerprint density at radius 2 is 1.86 bits per heavy atom. The summed E-state index contributed by atoms with van der Waals surface area (Å²) < 4.78 is 39.4. The Morgan fingerprint density at radius 1 is 1.11 bits per heavy atom. The van der Waals surface area contributed by atoms with Crippen LogP contribution in [0.1, 0.15) is 50.5 Å². The number of fused-ring (bicyclic) bond motifs is 4. The Labute approximate surface area is 170 Å². The van der Waals surface area contributed by atoms with Crippen LogP contribution in [0.25, 0.3) is 0 Å². The molecular formula is C21H32BNO4S. The van der Waals surface area contributed by atoms with Gasteiger partial charge >= 0.3 is 0 Å². The highest BCUT2D eigenvalue weighted by atomic mass is 32.2. The third kappa shape index (κ3) is 4.41. The van der Waals surface area contributed by atoms with Gasteiger partial charge in [-0.3, -0.25) is 0 Å². The summed E-state index contributed by atoms with van der Waals surface area (Å²) >= 11 is 0. The topological polar surface area (TPSA) is 64.6 Å². The average Bonchev–Trinajstić information content (AvgIpc) is 2.65. The second-order valence-electron chi connectivity index (χ2n) is 9.25. The minimum atomic E-state index is -3.24. The maximum atomic E-state index is 11.9. The lowest BCUT2D eigenvalue weighted by molar-refractivity contribution is -0.0321. The van der Waals surface area contributed by atoms with Crippen LogP contribution in [0.5, 0.6) is 5.75 Å². The Morgan fingerprint density at radius 3 is 2.61 bits per heavy atom. The van der Waals surface area contributed by atoms with E-state index in [4.69, 9.17) is 9.47 Å². The van der Waals surface area contributed by atoms with Gasteiger partial charge in [-0.1, -0.05) is 24.6 Å². The van der Waals surface area contributed by atoms with Gasteiger partial charge < -0.3 is 9.47 Å². The lowest BCUT2D eigenvalue weighted by Gasteiger charge is -2.43. The summed E-state index contributed by atoms with van der Waals surface area (Å²) in [6.07, 6.45) is 8.76. The molecule has 0 amide bonds. The lowest BCUT2D eigenvalue weighted by Crippen LogP contribution is -2.49. The van der Waals surface area contributed by atoms with E-state index in [9.17, 15) is 8.42 Å². The molecule has 2 bridgehead atoms. The van der Waals surface area contributed by atoms with Gasteiger partial charge in [0.2, 0.25) is 10.0 Å². The number of benzene rings is 1. The number of rotatable bonds is 2. The van der Waals surface area contributed by atoms with Gasteiger partial charge in [0.1, 0.15) is 13.6 Å². The number of hydrogen-bond donors (Lipinski definition) is 1.